The Labute approximate surface area is 181 Å². The minimum Gasteiger partial charge on any atom is -0.459 e. The SMILES string of the molecule is O=C(c1ccco1)N1CCC[C@H](c2nc3c(nnn3Cc3cccc(Cl)c3)c(=O)[nH]2)C1. The fourth-order valence-corrected chi connectivity index (χ4v) is 4.15. The molecule has 0 saturated carbocycles. The zero-order chi connectivity index (χ0) is 21.4. The molecule has 31 heavy (non-hydrogen) atoms. The number of amides is 1. The first kappa shape index (κ1) is 19.5. The number of carbonyl (C=O) groups excluding carboxylic acids is 1. The summed E-state index contributed by atoms with van der Waals surface area (Å²) in [5.74, 6) is 0.579. The molecule has 1 fully saturated rings. The largest absolute Gasteiger partial charge is 0.459 e. The van der Waals surface area contributed by atoms with E-state index in [1.54, 1.807) is 27.8 Å². The molecule has 0 unspecified atom stereocenters. The number of nitrogens with one attached hydrogen (secondary N) is 1. The molecule has 0 spiro atoms. The molecule has 1 amide bonds. The smallest absolute Gasteiger partial charge is 0.289 e. The Hall–Kier alpha value is -3.46. The first-order valence-electron chi connectivity index (χ1n) is 9.99. The molecule has 1 aliphatic heterocycles. The van der Waals surface area contributed by atoms with Gasteiger partial charge in [0.2, 0.25) is 0 Å². The number of aromatic nitrogens is 5. The number of fused-ring (bicyclic) bond motifs is 1. The summed E-state index contributed by atoms with van der Waals surface area (Å²) in [5, 5.41) is 8.73. The summed E-state index contributed by atoms with van der Waals surface area (Å²) in [6.07, 6.45) is 3.10. The molecule has 1 atom stereocenters. The molecule has 10 heteroatoms. The van der Waals surface area contributed by atoms with Gasteiger partial charge < -0.3 is 14.3 Å². The van der Waals surface area contributed by atoms with Gasteiger partial charge in [-0.1, -0.05) is 28.9 Å². The van der Waals surface area contributed by atoms with Gasteiger partial charge in [-0.25, -0.2) is 9.67 Å². The van der Waals surface area contributed by atoms with E-state index in [1.165, 1.54) is 6.26 Å². The molecule has 0 aliphatic carbocycles. The number of carbonyl (C=O) groups is 1. The maximum Gasteiger partial charge on any atom is 0.289 e. The molecule has 0 bridgehead atoms. The van der Waals surface area contributed by atoms with Crippen molar-refractivity contribution in [1.29, 1.82) is 0 Å². The number of piperidine rings is 1. The molecule has 158 valence electrons. The van der Waals surface area contributed by atoms with Gasteiger partial charge in [-0.05, 0) is 42.7 Å². The van der Waals surface area contributed by atoms with Gasteiger partial charge >= 0.3 is 0 Å². The highest BCUT2D eigenvalue weighted by atomic mass is 35.5. The van der Waals surface area contributed by atoms with E-state index < -0.39 is 0 Å². The van der Waals surface area contributed by atoms with Crippen molar-refractivity contribution in [3.8, 4) is 0 Å². The third-order valence-corrected chi connectivity index (χ3v) is 5.68. The quantitative estimate of drug-likeness (QED) is 0.524. The van der Waals surface area contributed by atoms with Crippen LogP contribution in [0.5, 0.6) is 0 Å². The number of rotatable bonds is 4. The lowest BCUT2D eigenvalue weighted by atomic mass is 9.97. The summed E-state index contributed by atoms with van der Waals surface area (Å²) in [7, 11) is 0. The van der Waals surface area contributed by atoms with Crippen molar-refractivity contribution in [3.05, 3.63) is 75.2 Å². The molecule has 0 radical (unpaired) electrons. The van der Waals surface area contributed by atoms with Crippen molar-refractivity contribution in [2.45, 2.75) is 25.3 Å². The van der Waals surface area contributed by atoms with Crippen LogP contribution in [-0.4, -0.2) is 48.9 Å². The lowest BCUT2D eigenvalue weighted by Gasteiger charge is -2.31. The summed E-state index contributed by atoms with van der Waals surface area (Å²) in [4.78, 5) is 34.6. The Morgan fingerprint density at radius 1 is 1.29 bits per heavy atom. The van der Waals surface area contributed by atoms with Gasteiger partial charge in [0.15, 0.2) is 16.9 Å². The number of aromatic amines is 1. The van der Waals surface area contributed by atoms with Crippen LogP contribution in [-0.2, 0) is 6.54 Å². The summed E-state index contributed by atoms with van der Waals surface area (Å²) >= 11 is 6.08. The average Bonchev–Trinajstić information content (AvgIpc) is 3.44. The molecular formula is C21H19ClN6O3. The van der Waals surface area contributed by atoms with Crippen LogP contribution >= 0.6 is 11.6 Å². The molecule has 9 nitrogen and oxygen atoms in total. The number of halogens is 1. The predicted octanol–water partition coefficient (Wildman–Crippen LogP) is 2.83. The maximum absolute atomic E-state index is 12.7. The third-order valence-electron chi connectivity index (χ3n) is 5.44. The second kappa shape index (κ2) is 7.99. The first-order chi connectivity index (χ1) is 15.1. The number of furan rings is 1. The van der Waals surface area contributed by atoms with Crippen LogP contribution in [0, 0.1) is 0 Å². The Bertz CT molecular complexity index is 1300. The molecular weight excluding hydrogens is 420 g/mol. The highest BCUT2D eigenvalue weighted by Gasteiger charge is 2.29. The molecule has 4 aromatic rings. The van der Waals surface area contributed by atoms with E-state index in [0.717, 1.165) is 18.4 Å². The number of H-pyrrole nitrogens is 1. The predicted molar refractivity (Wildman–Crippen MR) is 113 cm³/mol. The Morgan fingerprint density at radius 3 is 3.00 bits per heavy atom. The second-order valence-electron chi connectivity index (χ2n) is 7.57. The van der Waals surface area contributed by atoms with Crippen LogP contribution < -0.4 is 5.56 Å². The summed E-state index contributed by atoms with van der Waals surface area (Å²) < 4.78 is 6.83. The number of hydrogen-bond donors (Lipinski definition) is 1. The van der Waals surface area contributed by atoms with E-state index in [-0.39, 0.29) is 22.9 Å². The summed E-state index contributed by atoms with van der Waals surface area (Å²) in [5.41, 5.74) is 1.18. The van der Waals surface area contributed by atoms with Crippen LogP contribution in [0.2, 0.25) is 5.02 Å². The van der Waals surface area contributed by atoms with E-state index in [2.05, 4.69) is 20.3 Å². The van der Waals surface area contributed by atoms with Gasteiger partial charge in [0, 0.05) is 24.0 Å². The Kier molecular flexibility index (Phi) is 5.03. The Morgan fingerprint density at radius 2 is 2.19 bits per heavy atom. The zero-order valence-electron chi connectivity index (χ0n) is 16.5. The lowest BCUT2D eigenvalue weighted by Crippen LogP contribution is -2.39. The van der Waals surface area contributed by atoms with E-state index in [9.17, 15) is 9.59 Å². The van der Waals surface area contributed by atoms with Crippen molar-refractivity contribution in [1.82, 2.24) is 29.9 Å². The fourth-order valence-electron chi connectivity index (χ4n) is 3.93. The number of hydrogen-bond acceptors (Lipinski definition) is 6. The monoisotopic (exact) mass is 438 g/mol. The minimum atomic E-state index is -0.341. The zero-order valence-corrected chi connectivity index (χ0v) is 17.2. The van der Waals surface area contributed by atoms with Gasteiger partial charge in [-0.3, -0.25) is 9.59 Å². The highest BCUT2D eigenvalue weighted by Crippen LogP contribution is 2.26. The van der Waals surface area contributed by atoms with Gasteiger partial charge in [0.05, 0.1) is 12.8 Å². The van der Waals surface area contributed by atoms with Gasteiger partial charge in [0.1, 0.15) is 5.82 Å². The summed E-state index contributed by atoms with van der Waals surface area (Å²) in [6, 6.07) is 10.8. The first-order valence-corrected chi connectivity index (χ1v) is 10.4. The molecule has 1 N–H and O–H groups in total. The van der Waals surface area contributed by atoms with Crippen molar-refractivity contribution < 1.29 is 9.21 Å². The van der Waals surface area contributed by atoms with Crippen molar-refractivity contribution in [2.24, 2.45) is 0 Å². The molecule has 4 heterocycles. The maximum atomic E-state index is 12.7. The van der Waals surface area contributed by atoms with E-state index >= 15 is 0 Å². The minimum absolute atomic E-state index is 0.0979. The number of nitrogens with zero attached hydrogens (tertiary/aromatic N) is 5. The van der Waals surface area contributed by atoms with E-state index in [1.807, 2.05) is 18.2 Å². The highest BCUT2D eigenvalue weighted by molar-refractivity contribution is 6.30. The van der Waals surface area contributed by atoms with Crippen LogP contribution in [0.1, 0.15) is 40.7 Å². The standard InChI is InChI=1S/C21H19ClN6O3/c22-15-6-1-4-13(10-15)11-28-19-17(25-26-28)20(29)24-18(23-19)14-5-2-8-27(12-14)21(30)16-7-3-9-31-16/h1,3-4,6-7,9-10,14H,2,5,8,11-12H2,(H,23,24,29)/t14-/m0/s1. The summed E-state index contributed by atoms with van der Waals surface area (Å²) in [6.45, 7) is 1.47. The van der Waals surface area contributed by atoms with Gasteiger partial charge in [-0.15, -0.1) is 5.10 Å². The lowest BCUT2D eigenvalue weighted by molar-refractivity contribution is 0.0672. The van der Waals surface area contributed by atoms with Crippen LogP contribution in [0.25, 0.3) is 11.2 Å². The number of benzene rings is 1. The molecule has 1 aromatic carbocycles. The van der Waals surface area contributed by atoms with Crippen molar-refractivity contribution >= 4 is 28.7 Å². The van der Waals surface area contributed by atoms with Gasteiger partial charge in [0.25, 0.3) is 11.5 Å². The molecule has 3 aromatic heterocycles. The third kappa shape index (κ3) is 3.84. The number of likely N-dealkylation sites (tertiary alicyclic amines) is 1. The van der Waals surface area contributed by atoms with Crippen LogP contribution in [0.4, 0.5) is 0 Å². The average molecular weight is 439 g/mol. The molecule has 1 aliphatic rings. The topological polar surface area (TPSA) is 110 Å². The van der Waals surface area contributed by atoms with Crippen LogP contribution in [0.15, 0.2) is 51.9 Å². The molecule has 5 rings (SSSR count). The second-order valence-corrected chi connectivity index (χ2v) is 8.00. The van der Waals surface area contributed by atoms with E-state index in [4.69, 9.17) is 16.0 Å². The molecule has 1 saturated heterocycles. The normalized spacial score (nSPS) is 16.7. The Balaban J connectivity index is 1.44. The van der Waals surface area contributed by atoms with Gasteiger partial charge in [-0.2, -0.15) is 0 Å². The van der Waals surface area contributed by atoms with Crippen molar-refractivity contribution in [3.63, 3.8) is 0 Å². The van der Waals surface area contributed by atoms with Crippen LogP contribution in [0.3, 0.4) is 0 Å². The fraction of sp³-hybridized carbons (Fsp3) is 0.286. The van der Waals surface area contributed by atoms with E-state index in [0.29, 0.717) is 41.9 Å². The van der Waals surface area contributed by atoms with Crippen molar-refractivity contribution in [2.75, 3.05) is 13.1 Å².